The molecule has 4 aromatic rings. The van der Waals surface area contributed by atoms with Gasteiger partial charge < -0.3 is 19.4 Å². The number of ether oxygens (including phenoxy) is 2. The third-order valence-electron chi connectivity index (χ3n) is 5.36. The molecule has 0 unspecified atom stereocenters. The van der Waals surface area contributed by atoms with E-state index in [-0.39, 0.29) is 17.7 Å². The van der Waals surface area contributed by atoms with E-state index in [0.717, 1.165) is 33.1 Å². The van der Waals surface area contributed by atoms with Crippen molar-refractivity contribution in [3.8, 4) is 5.75 Å². The van der Waals surface area contributed by atoms with Crippen molar-refractivity contribution in [2.24, 2.45) is 0 Å². The smallest absolute Gasteiger partial charge is 0.231 e. The van der Waals surface area contributed by atoms with Gasteiger partial charge in [-0.25, -0.2) is 4.98 Å². The molecule has 1 atom stereocenters. The number of para-hydroxylation sites is 2. The molecule has 6 nitrogen and oxygen atoms in total. The summed E-state index contributed by atoms with van der Waals surface area (Å²) in [7, 11) is 3.32. The van der Waals surface area contributed by atoms with Crippen LogP contribution in [0.25, 0.3) is 11.0 Å². The summed E-state index contributed by atoms with van der Waals surface area (Å²) in [6, 6.07) is 25.5. The van der Waals surface area contributed by atoms with E-state index in [1.165, 1.54) is 11.8 Å². The quantitative estimate of drug-likeness (QED) is 0.347. The zero-order chi connectivity index (χ0) is 23.0. The Labute approximate surface area is 197 Å². The number of carbonyl (C=O) groups excluding carboxylic acids is 1. The monoisotopic (exact) mass is 461 g/mol. The van der Waals surface area contributed by atoms with Gasteiger partial charge in [-0.05, 0) is 35.4 Å². The maximum atomic E-state index is 13.0. The first kappa shape index (κ1) is 22.9. The van der Waals surface area contributed by atoms with Gasteiger partial charge in [0.1, 0.15) is 5.75 Å². The standard InChI is InChI=1S/C26H27N3O3S/c1-31-17-16-29-23-11-7-6-10-22(23)27-26(29)33-18-24(30)28-25(19-8-4-3-5-9-19)20-12-14-21(32-2)15-13-20/h3-15,25H,16-18H2,1-2H3,(H,28,30)/t25-/m1/s1. The number of nitrogens with one attached hydrogen (secondary N) is 1. The summed E-state index contributed by atoms with van der Waals surface area (Å²) in [6.45, 7) is 1.26. The van der Waals surface area contributed by atoms with E-state index in [1.54, 1.807) is 14.2 Å². The first-order valence-corrected chi connectivity index (χ1v) is 11.7. The number of carbonyl (C=O) groups is 1. The molecule has 0 spiro atoms. The van der Waals surface area contributed by atoms with Crippen molar-refractivity contribution >= 4 is 28.7 Å². The second kappa shape index (κ2) is 11.0. The summed E-state index contributed by atoms with van der Waals surface area (Å²) in [6.07, 6.45) is 0. The lowest BCUT2D eigenvalue weighted by Crippen LogP contribution is -2.30. The van der Waals surface area contributed by atoms with Gasteiger partial charge in [-0.15, -0.1) is 0 Å². The number of imidazole rings is 1. The Hall–Kier alpha value is -3.29. The molecule has 0 bridgehead atoms. The van der Waals surface area contributed by atoms with Gasteiger partial charge in [-0.1, -0.05) is 66.4 Å². The van der Waals surface area contributed by atoms with E-state index in [1.807, 2.05) is 78.9 Å². The number of hydrogen-bond acceptors (Lipinski definition) is 5. The lowest BCUT2D eigenvalue weighted by atomic mass is 9.98. The second-order valence-electron chi connectivity index (χ2n) is 7.50. The van der Waals surface area contributed by atoms with Gasteiger partial charge >= 0.3 is 0 Å². The highest BCUT2D eigenvalue weighted by Gasteiger charge is 2.18. The summed E-state index contributed by atoms with van der Waals surface area (Å²) in [5, 5.41) is 4.00. The predicted molar refractivity (Wildman–Crippen MR) is 132 cm³/mol. The summed E-state index contributed by atoms with van der Waals surface area (Å²) in [5.41, 5.74) is 3.97. The molecule has 1 N–H and O–H groups in total. The fourth-order valence-electron chi connectivity index (χ4n) is 3.70. The molecule has 0 fully saturated rings. The van der Waals surface area contributed by atoms with Crippen LogP contribution < -0.4 is 10.1 Å². The molecule has 0 saturated carbocycles. The van der Waals surface area contributed by atoms with Gasteiger partial charge in [0.25, 0.3) is 0 Å². The number of benzene rings is 3. The Morgan fingerprint density at radius 2 is 1.67 bits per heavy atom. The van der Waals surface area contributed by atoms with E-state index in [2.05, 4.69) is 9.88 Å². The van der Waals surface area contributed by atoms with E-state index in [4.69, 9.17) is 14.5 Å². The fraction of sp³-hybridized carbons (Fsp3) is 0.231. The second-order valence-corrected chi connectivity index (χ2v) is 8.44. The minimum Gasteiger partial charge on any atom is -0.497 e. The maximum absolute atomic E-state index is 13.0. The Morgan fingerprint density at radius 1 is 0.970 bits per heavy atom. The van der Waals surface area contributed by atoms with Crippen LogP contribution in [0, 0.1) is 0 Å². The van der Waals surface area contributed by atoms with Crippen LogP contribution in [-0.4, -0.2) is 42.0 Å². The third kappa shape index (κ3) is 5.56. The van der Waals surface area contributed by atoms with E-state index in [0.29, 0.717) is 13.2 Å². The number of methoxy groups -OCH3 is 2. The molecule has 0 aliphatic heterocycles. The minimum atomic E-state index is -0.252. The maximum Gasteiger partial charge on any atom is 0.231 e. The molecule has 7 heteroatoms. The molecule has 0 aliphatic rings. The van der Waals surface area contributed by atoms with Crippen LogP contribution in [0.1, 0.15) is 17.2 Å². The minimum absolute atomic E-state index is 0.0602. The SMILES string of the molecule is COCCn1c(SCC(=O)N[C@H](c2ccccc2)c2ccc(OC)cc2)nc2ccccc21. The average molecular weight is 462 g/mol. The van der Waals surface area contributed by atoms with Crippen molar-refractivity contribution in [2.75, 3.05) is 26.6 Å². The molecule has 1 amide bonds. The zero-order valence-corrected chi connectivity index (χ0v) is 19.5. The average Bonchev–Trinajstić information content (AvgIpc) is 3.22. The molecule has 3 aromatic carbocycles. The van der Waals surface area contributed by atoms with Crippen molar-refractivity contribution in [3.63, 3.8) is 0 Å². The van der Waals surface area contributed by atoms with E-state index < -0.39 is 0 Å². The highest BCUT2D eigenvalue weighted by molar-refractivity contribution is 7.99. The van der Waals surface area contributed by atoms with Gasteiger partial charge in [0.15, 0.2) is 5.16 Å². The van der Waals surface area contributed by atoms with Crippen molar-refractivity contribution in [1.29, 1.82) is 0 Å². The number of hydrogen-bond donors (Lipinski definition) is 1. The van der Waals surface area contributed by atoms with Crippen molar-refractivity contribution in [3.05, 3.63) is 90.0 Å². The number of aromatic nitrogens is 2. The Balaban J connectivity index is 1.51. The Bertz CT molecular complexity index is 1190. The first-order valence-electron chi connectivity index (χ1n) is 10.7. The molecule has 0 saturated heterocycles. The van der Waals surface area contributed by atoms with Crippen LogP contribution in [-0.2, 0) is 16.1 Å². The number of nitrogens with zero attached hydrogens (tertiary/aromatic N) is 2. The van der Waals surface area contributed by atoms with Crippen LogP contribution in [0.3, 0.4) is 0 Å². The van der Waals surface area contributed by atoms with E-state index >= 15 is 0 Å². The molecule has 0 aliphatic carbocycles. The fourth-order valence-corrected chi connectivity index (χ4v) is 4.55. The largest absolute Gasteiger partial charge is 0.497 e. The van der Waals surface area contributed by atoms with E-state index in [9.17, 15) is 4.79 Å². The molecule has 33 heavy (non-hydrogen) atoms. The highest BCUT2D eigenvalue weighted by atomic mass is 32.2. The Kier molecular flexibility index (Phi) is 7.65. The van der Waals surface area contributed by atoms with Gasteiger partial charge in [-0.3, -0.25) is 4.79 Å². The van der Waals surface area contributed by atoms with Crippen LogP contribution >= 0.6 is 11.8 Å². The topological polar surface area (TPSA) is 65.4 Å². The Morgan fingerprint density at radius 3 is 2.39 bits per heavy atom. The predicted octanol–water partition coefficient (Wildman–Crippen LogP) is 4.69. The molecule has 1 heterocycles. The first-order chi connectivity index (χ1) is 16.2. The van der Waals surface area contributed by atoms with Crippen molar-refractivity contribution in [1.82, 2.24) is 14.9 Å². The third-order valence-corrected chi connectivity index (χ3v) is 6.33. The number of thioether (sulfide) groups is 1. The summed E-state index contributed by atoms with van der Waals surface area (Å²) >= 11 is 1.43. The van der Waals surface area contributed by atoms with Gasteiger partial charge in [0.2, 0.25) is 5.91 Å². The highest BCUT2D eigenvalue weighted by Crippen LogP contribution is 2.26. The van der Waals surface area contributed by atoms with Gasteiger partial charge in [-0.2, -0.15) is 0 Å². The molecule has 1 aromatic heterocycles. The molecule has 170 valence electrons. The van der Waals surface area contributed by atoms with Crippen LogP contribution in [0.5, 0.6) is 5.75 Å². The van der Waals surface area contributed by atoms with Crippen molar-refractivity contribution < 1.29 is 14.3 Å². The van der Waals surface area contributed by atoms with Crippen LogP contribution in [0.4, 0.5) is 0 Å². The van der Waals surface area contributed by atoms with Crippen molar-refractivity contribution in [2.45, 2.75) is 17.7 Å². The lowest BCUT2D eigenvalue weighted by molar-refractivity contribution is -0.119. The molecular formula is C26H27N3O3S. The normalized spacial score (nSPS) is 11.9. The summed E-state index contributed by atoms with van der Waals surface area (Å²) in [4.78, 5) is 17.7. The number of amides is 1. The van der Waals surface area contributed by atoms with Crippen LogP contribution in [0.2, 0.25) is 0 Å². The zero-order valence-electron chi connectivity index (χ0n) is 18.7. The van der Waals surface area contributed by atoms with Crippen LogP contribution in [0.15, 0.2) is 84.0 Å². The lowest BCUT2D eigenvalue weighted by Gasteiger charge is -2.20. The van der Waals surface area contributed by atoms with Gasteiger partial charge in [0.05, 0.1) is 36.5 Å². The molecule has 0 radical (unpaired) electrons. The number of fused-ring (bicyclic) bond motifs is 1. The number of rotatable bonds is 10. The molecular weight excluding hydrogens is 434 g/mol. The molecule has 4 rings (SSSR count). The summed E-state index contributed by atoms with van der Waals surface area (Å²) in [5.74, 6) is 0.980. The summed E-state index contributed by atoms with van der Waals surface area (Å²) < 4.78 is 12.7. The van der Waals surface area contributed by atoms with Gasteiger partial charge in [0, 0.05) is 13.7 Å².